The van der Waals surface area contributed by atoms with Crippen molar-refractivity contribution in [2.45, 2.75) is 18.7 Å². The van der Waals surface area contributed by atoms with Crippen LogP contribution in [-0.4, -0.2) is 24.8 Å². The number of aryl methyl sites for hydroxylation is 1. The molecule has 3 nitrogen and oxygen atoms in total. The summed E-state index contributed by atoms with van der Waals surface area (Å²) in [5.41, 5.74) is 1.54. The lowest BCUT2D eigenvalue weighted by molar-refractivity contribution is 0.0995. The van der Waals surface area contributed by atoms with Crippen LogP contribution < -0.4 is 9.47 Å². The first-order valence-electron chi connectivity index (χ1n) is 4.92. The summed E-state index contributed by atoms with van der Waals surface area (Å²) in [6.45, 7) is 3.68. The molecule has 0 aliphatic heterocycles. The maximum atomic E-state index is 11.9. The molecule has 16 heavy (non-hydrogen) atoms. The summed E-state index contributed by atoms with van der Waals surface area (Å²) >= 11 is 3.27. The standard InChI is InChI=1S/C12H15BrO3/c1-7-5-10(15-3)11(16-4)6-9(7)12(14)8(2)13/h5-6,8H,1-4H3. The predicted molar refractivity (Wildman–Crippen MR) is 67.0 cm³/mol. The number of carbonyl (C=O) groups is 1. The van der Waals surface area contributed by atoms with Gasteiger partial charge < -0.3 is 9.47 Å². The van der Waals surface area contributed by atoms with Gasteiger partial charge in [-0.3, -0.25) is 4.79 Å². The number of halogens is 1. The van der Waals surface area contributed by atoms with Crippen molar-refractivity contribution in [1.82, 2.24) is 0 Å². The molecule has 0 saturated heterocycles. The van der Waals surface area contributed by atoms with Gasteiger partial charge in [-0.25, -0.2) is 0 Å². The van der Waals surface area contributed by atoms with Crippen LogP contribution in [0.15, 0.2) is 12.1 Å². The highest BCUT2D eigenvalue weighted by Gasteiger charge is 2.17. The van der Waals surface area contributed by atoms with Crippen molar-refractivity contribution in [1.29, 1.82) is 0 Å². The Bertz CT molecular complexity index is 399. The number of hydrogen-bond donors (Lipinski definition) is 0. The van der Waals surface area contributed by atoms with E-state index in [1.54, 1.807) is 33.3 Å². The topological polar surface area (TPSA) is 35.5 Å². The van der Waals surface area contributed by atoms with Crippen molar-refractivity contribution in [2.24, 2.45) is 0 Å². The molecule has 0 heterocycles. The third-order valence-electron chi connectivity index (χ3n) is 2.36. The van der Waals surface area contributed by atoms with Crippen LogP contribution in [0, 0.1) is 6.92 Å². The van der Waals surface area contributed by atoms with Crippen molar-refractivity contribution >= 4 is 21.7 Å². The molecule has 0 spiro atoms. The SMILES string of the molecule is COc1cc(C)c(C(=O)C(C)Br)cc1OC. The Labute approximate surface area is 104 Å². The fraction of sp³-hybridized carbons (Fsp3) is 0.417. The second-order valence-corrected chi connectivity index (χ2v) is 4.88. The number of alkyl halides is 1. The van der Waals surface area contributed by atoms with E-state index in [4.69, 9.17) is 9.47 Å². The van der Waals surface area contributed by atoms with Gasteiger partial charge in [-0.2, -0.15) is 0 Å². The van der Waals surface area contributed by atoms with E-state index in [1.165, 1.54) is 0 Å². The van der Waals surface area contributed by atoms with Gasteiger partial charge in [-0.1, -0.05) is 15.9 Å². The van der Waals surface area contributed by atoms with Gasteiger partial charge in [0.15, 0.2) is 17.3 Å². The molecule has 0 N–H and O–H groups in total. The summed E-state index contributed by atoms with van der Waals surface area (Å²) in [5.74, 6) is 1.25. The molecular formula is C12H15BrO3. The molecule has 88 valence electrons. The Morgan fingerprint density at radius 2 is 1.75 bits per heavy atom. The normalized spacial score (nSPS) is 12.1. The maximum absolute atomic E-state index is 11.9. The number of carbonyl (C=O) groups excluding carboxylic acids is 1. The Hall–Kier alpha value is -1.03. The highest BCUT2D eigenvalue weighted by Crippen LogP contribution is 2.31. The van der Waals surface area contributed by atoms with Crippen LogP contribution in [0.2, 0.25) is 0 Å². The van der Waals surface area contributed by atoms with Gasteiger partial charge in [0, 0.05) is 5.56 Å². The van der Waals surface area contributed by atoms with E-state index >= 15 is 0 Å². The number of benzene rings is 1. The zero-order valence-corrected chi connectivity index (χ0v) is 11.4. The molecule has 1 rings (SSSR count). The first-order valence-corrected chi connectivity index (χ1v) is 5.83. The molecule has 0 fully saturated rings. The highest BCUT2D eigenvalue weighted by atomic mass is 79.9. The van der Waals surface area contributed by atoms with E-state index in [9.17, 15) is 4.79 Å². The molecule has 0 amide bonds. The third kappa shape index (κ3) is 2.55. The average Bonchev–Trinajstić information content (AvgIpc) is 2.27. The quantitative estimate of drug-likeness (QED) is 0.631. The summed E-state index contributed by atoms with van der Waals surface area (Å²) in [7, 11) is 3.13. The van der Waals surface area contributed by atoms with Crippen molar-refractivity contribution in [3.63, 3.8) is 0 Å². The lowest BCUT2D eigenvalue weighted by atomic mass is 10.0. The van der Waals surface area contributed by atoms with Gasteiger partial charge in [0.2, 0.25) is 0 Å². The summed E-state index contributed by atoms with van der Waals surface area (Å²) < 4.78 is 10.3. The smallest absolute Gasteiger partial charge is 0.176 e. The van der Waals surface area contributed by atoms with Gasteiger partial charge >= 0.3 is 0 Å². The molecule has 1 atom stereocenters. The molecule has 0 aromatic heterocycles. The summed E-state index contributed by atoms with van der Waals surface area (Å²) in [5, 5.41) is 0. The van der Waals surface area contributed by atoms with Crippen molar-refractivity contribution in [2.75, 3.05) is 14.2 Å². The summed E-state index contributed by atoms with van der Waals surface area (Å²) in [4.78, 5) is 11.7. The lowest BCUT2D eigenvalue weighted by Gasteiger charge is -2.12. The van der Waals surface area contributed by atoms with Crippen LogP contribution in [0.5, 0.6) is 11.5 Å². The Morgan fingerprint density at radius 3 is 2.19 bits per heavy atom. The van der Waals surface area contributed by atoms with Crippen LogP contribution in [0.4, 0.5) is 0 Å². The molecule has 1 unspecified atom stereocenters. The molecule has 1 aromatic rings. The predicted octanol–water partition coefficient (Wildman–Crippen LogP) is 2.98. The molecule has 0 aliphatic rings. The first kappa shape index (κ1) is 13.0. The number of rotatable bonds is 4. The lowest BCUT2D eigenvalue weighted by Crippen LogP contribution is -2.12. The minimum Gasteiger partial charge on any atom is -0.493 e. The maximum Gasteiger partial charge on any atom is 0.176 e. The van der Waals surface area contributed by atoms with Crippen molar-refractivity contribution < 1.29 is 14.3 Å². The van der Waals surface area contributed by atoms with E-state index in [2.05, 4.69) is 15.9 Å². The largest absolute Gasteiger partial charge is 0.493 e. The molecule has 1 aromatic carbocycles. The number of methoxy groups -OCH3 is 2. The number of ether oxygens (including phenoxy) is 2. The van der Waals surface area contributed by atoms with Crippen LogP contribution in [-0.2, 0) is 0 Å². The minimum atomic E-state index is -0.204. The second-order valence-electron chi connectivity index (χ2n) is 3.50. The zero-order chi connectivity index (χ0) is 12.3. The summed E-state index contributed by atoms with van der Waals surface area (Å²) in [6, 6.07) is 3.52. The van der Waals surface area contributed by atoms with Gasteiger partial charge in [0.25, 0.3) is 0 Å². The molecule has 0 aliphatic carbocycles. The Morgan fingerprint density at radius 1 is 1.25 bits per heavy atom. The van der Waals surface area contributed by atoms with E-state index < -0.39 is 0 Å². The van der Waals surface area contributed by atoms with Crippen LogP contribution in [0.3, 0.4) is 0 Å². The Kier molecular flexibility index (Phi) is 4.35. The van der Waals surface area contributed by atoms with E-state index in [0.29, 0.717) is 17.1 Å². The Balaban J connectivity index is 3.26. The van der Waals surface area contributed by atoms with Crippen LogP contribution >= 0.6 is 15.9 Å². The molecule has 4 heteroatoms. The minimum absolute atomic E-state index is 0.0402. The third-order valence-corrected chi connectivity index (χ3v) is 2.77. The van der Waals surface area contributed by atoms with Gasteiger partial charge in [0.1, 0.15) is 0 Å². The van der Waals surface area contributed by atoms with E-state index in [0.717, 1.165) is 5.56 Å². The number of Topliss-reactive ketones (excluding diaryl/α,β-unsaturated/α-hetero) is 1. The highest BCUT2D eigenvalue weighted by molar-refractivity contribution is 9.10. The van der Waals surface area contributed by atoms with Crippen LogP contribution in [0.1, 0.15) is 22.8 Å². The molecule has 0 bridgehead atoms. The second kappa shape index (κ2) is 5.34. The number of hydrogen-bond acceptors (Lipinski definition) is 3. The van der Waals surface area contributed by atoms with Gasteiger partial charge in [-0.15, -0.1) is 0 Å². The van der Waals surface area contributed by atoms with Crippen molar-refractivity contribution in [3.05, 3.63) is 23.3 Å². The van der Waals surface area contributed by atoms with Crippen molar-refractivity contribution in [3.8, 4) is 11.5 Å². The van der Waals surface area contributed by atoms with Gasteiger partial charge in [-0.05, 0) is 31.5 Å². The van der Waals surface area contributed by atoms with E-state index in [-0.39, 0.29) is 10.6 Å². The zero-order valence-electron chi connectivity index (χ0n) is 9.83. The van der Waals surface area contributed by atoms with E-state index in [1.807, 2.05) is 6.92 Å². The fourth-order valence-electron chi connectivity index (χ4n) is 1.46. The fourth-order valence-corrected chi connectivity index (χ4v) is 1.71. The monoisotopic (exact) mass is 286 g/mol. The van der Waals surface area contributed by atoms with Crippen LogP contribution in [0.25, 0.3) is 0 Å². The average molecular weight is 287 g/mol. The molecule has 0 saturated carbocycles. The van der Waals surface area contributed by atoms with Gasteiger partial charge in [0.05, 0.1) is 19.0 Å². The first-order chi connectivity index (χ1) is 7.51. The molecule has 0 radical (unpaired) electrons. The summed E-state index contributed by atoms with van der Waals surface area (Å²) in [6.07, 6.45) is 0. The molecular weight excluding hydrogens is 272 g/mol. The number of ketones is 1.